The molecule has 0 bridgehead atoms. The molecule has 0 saturated heterocycles. The molecule has 0 amide bonds. The summed E-state index contributed by atoms with van der Waals surface area (Å²) in [6.45, 7) is 3.42. The van der Waals surface area contributed by atoms with Gasteiger partial charge in [0.2, 0.25) is 0 Å². The number of Topliss-reactive ketones (excluding diaryl/α,β-unsaturated/α-hetero) is 1. The van der Waals surface area contributed by atoms with Crippen LogP contribution in [0.25, 0.3) is 11.1 Å². The Morgan fingerprint density at radius 3 is 2.08 bits per heavy atom. The fourth-order valence-corrected chi connectivity index (χ4v) is 3.88. The smallest absolute Gasteiger partial charge is 0.152 e. The summed E-state index contributed by atoms with van der Waals surface area (Å²) in [6, 6.07) is 18.3. The molecule has 2 rings (SSSR count). The van der Waals surface area contributed by atoms with Gasteiger partial charge in [-0.25, -0.2) is 8.42 Å². The molecule has 26 heavy (non-hydrogen) atoms. The highest BCUT2D eigenvalue weighted by Crippen LogP contribution is 2.19. The number of carbonyl (C=O) groups excluding carboxylic acids is 1. The van der Waals surface area contributed by atoms with Crippen LogP contribution < -0.4 is 0 Å². The van der Waals surface area contributed by atoms with Gasteiger partial charge in [-0.05, 0) is 43.4 Å². The van der Waals surface area contributed by atoms with Crippen LogP contribution in [-0.4, -0.2) is 25.2 Å². The lowest BCUT2D eigenvalue weighted by atomic mass is 10.0. The molecular formula is C22H28O3S. The van der Waals surface area contributed by atoms with Crippen molar-refractivity contribution in [2.24, 2.45) is 0 Å². The van der Waals surface area contributed by atoms with E-state index in [1.165, 1.54) is 5.56 Å². The van der Waals surface area contributed by atoms with E-state index in [4.69, 9.17) is 0 Å². The largest absolute Gasteiger partial charge is 0.299 e. The first-order chi connectivity index (χ1) is 12.4. The van der Waals surface area contributed by atoms with Gasteiger partial charge in [-0.15, -0.1) is 0 Å². The Labute approximate surface area is 157 Å². The number of benzene rings is 2. The fraction of sp³-hybridized carbons (Fsp3) is 0.409. The number of carbonyl (C=O) groups is 1. The topological polar surface area (TPSA) is 51.2 Å². The van der Waals surface area contributed by atoms with Crippen molar-refractivity contribution < 1.29 is 13.2 Å². The van der Waals surface area contributed by atoms with Crippen molar-refractivity contribution in [1.29, 1.82) is 0 Å². The second-order valence-corrected chi connectivity index (χ2v) is 9.68. The zero-order valence-electron chi connectivity index (χ0n) is 15.6. The van der Waals surface area contributed by atoms with Crippen LogP contribution in [0.15, 0.2) is 54.6 Å². The van der Waals surface area contributed by atoms with Crippen molar-refractivity contribution in [2.45, 2.75) is 51.2 Å². The summed E-state index contributed by atoms with van der Waals surface area (Å²) in [5.41, 5.74) is 3.34. The second-order valence-electron chi connectivity index (χ2n) is 7.00. The summed E-state index contributed by atoms with van der Waals surface area (Å²) in [5, 5.41) is -0.317. The normalized spacial score (nSPS) is 11.7. The first-order valence-corrected chi connectivity index (χ1v) is 11.0. The highest BCUT2D eigenvalue weighted by molar-refractivity contribution is 7.91. The van der Waals surface area contributed by atoms with Crippen molar-refractivity contribution >= 4 is 15.6 Å². The Morgan fingerprint density at radius 1 is 0.846 bits per heavy atom. The number of hydrogen-bond acceptors (Lipinski definition) is 3. The Kier molecular flexibility index (Phi) is 7.58. The molecule has 3 nitrogen and oxygen atoms in total. The Balaban J connectivity index is 1.73. The average molecular weight is 373 g/mol. The van der Waals surface area contributed by atoms with Crippen molar-refractivity contribution in [3.63, 3.8) is 0 Å². The van der Waals surface area contributed by atoms with Gasteiger partial charge in [0.25, 0.3) is 0 Å². The van der Waals surface area contributed by atoms with Crippen LogP contribution in [0.1, 0.15) is 45.1 Å². The van der Waals surface area contributed by atoms with Gasteiger partial charge in [0, 0.05) is 12.8 Å². The van der Waals surface area contributed by atoms with Crippen molar-refractivity contribution in [1.82, 2.24) is 0 Å². The maximum absolute atomic E-state index is 12.1. The van der Waals surface area contributed by atoms with Crippen LogP contribution in [0.5, 0.6) is 0 Å². The van der Waals surface area contributed by atoms with Crippen LogP contribution in [0, 0.1) is 0 Å². The quantitative estimate of drug-likeness (QED) is 0.560. The van der Waals surface area contributed by atoms with Gasteiger partial charge in [-0.3, -0.25) is 4.79 Å². The van der Waals surface area contributed by atoms with E-state index in [-0.39, 0.29) is 16.8 Å². The SMILES string of the molecule is CC(C)S(=O)(=O)CCCCCC(=O)Cc1ccc(-c2ccccc2)cc1. The molecule has 2 aromatic carbocycles. The number of ketones is 1. The van der Waals surface area contributed by atoms with Crippen LogP contribution >= 0.6 is 0 Å². The van der Waals surface area contributed by atoms with E-state index in [2.05, 4.69) is 24.3 Å². The van der Waals surface area contributed by atoms with E-state index in [0.29, 0.717) is 19.3 Å². The fourth-order valence-electron chi connectivity index (χ4n) is 2.80. The molecular weight excluding hydrogens is 344 g/mol. The molecule has 0 saturated carbocycles. The summed E-state index contributed by atoms with van der Waals surface area (Å²) in [7, 11) is -2.96. The van der Waals surface area contributed by atoms with Crippen LogP contribution in [0.3, 0.4) is 0 Å². The molecule has 0 N–H and O–H groups in total. The van der Waals surface area contributed by atoms with Crippen molar-refractivity contribution in [2.75, 3.05) is 5.75 Å². The minimum Gasteiger partial charge on any atom is -0.299 e. The monoisotopic (exact) mass is 372 g/mol. The molecule has 0 unspecified atom stereocenters. The Hall–Kier alpha value is -1.94. The van der Waals surface area contributed by atoms with Gasteiger partial charge in [0.1, 0.15) is 5.78 Å². The molecule has 0 heterocycles. The lowest BCUT2D eigenvalue weighted by Gasteiger charge is -2.07. The average Bonchev–Trinajstić information content (AvgIpc) is 2.62. The molecule has 0 atom stereocenters. The van der Waals surface area contributed by atoms with E-state index in [1.54, 1.807) is 13.8 Å². The molecule has 0 aromatic heterocycles. The van der Waals surface area contributed by atoms with Gasteiger partial charge in [-0.2, -0.15) is 0 Å². The van der Waals surface area contributed by atoms with Crippen LogP contribution in [0.4, 0.5) is 0 Å². The summed E-state index contributed by atoms with van der Waals surface area (Å²) in [5.74, 6) is 0.434. The third-order valence-corrected chi connectivity index (χ3v) is 6.86. The minimum absolute atomic E-state index is 0.212. The van der Waals surface area contributed by atoms with Gasteiger partial charge in [-0.1, -0.05) is 61.0 Å². The number of hydrogen-bond donors (Lipinski definition) is 0. The second kappa shape index (κ2) is 9.67. The van der Waals surface area contributed by atoms with E-state index < -0.39 is 9.84 Å². The van der Waals surface area contributed by atoms with Gasteiger partial charge >= 0.3 is 0 Å². The lowest BCUT2D eigenvalue weighted by molar-refractivity contribution is -0.118. The van der Waals surface area contributed by atoms with E-state index >= 15 is 0 Å². The van der Waals surface area contributed by atoms with Gasteiger partial charge in [0.15, 0.2) is 9.84 Å². The van der Waals surface area contributed by atoms with E-state index in [1.807, 2.05) is 30.3 Å². The minimum atomic E-state index is -2.96. The molecule has 2 aromatic rings. The van der Waals surface area contributed by atoms with Gasteiger partial charge in [0.05, 0.1) is 11.0 Å². The highest BCUT2D eigenvalue weighted by Gasteiger charge is 2.15. The summed E-state index contributed by atoms with van der Waals surface area (Å²) in [4.78, 5) is 12.1. The molecule has 0 aliphatic rings. The summed E-state index contributed by atoms with van der Waals surface area (Å²) in [6.07, 6.45) is 3.14. The van der Waals surface area contributed by atoms with Crippen molar-refractivity contribution in [3.05, 3.63) is 60.2 Å². The number of sulfone groups is 1. The highest BCUT2D eigenvalue weighted by atomic mass is 32.2. The van der Waals surface area contributed by atoms with Crippen molar-refractivity contribution in [3.8, 4) is 11.1 Å². The first kappa shape index (κ1) is 20.4. The summed E-state index contributed by atoms with van der Waals surface area (Å²) >= 11 is 0. The van der Waals surface area contributed by atoms with Gasteiger partial charge < -0.3 is 0 Å². The molecule has 4 heteroatoms. The van der Waals surface area contributed by atoms with E-state index in [0.717, 1.165) is 24.0 Å². The Morgan fingerprint density at radius 2 is 1.46 bits per heavy atom. The molecule has 140 valence electrons. The molecule has 0 aliphatic carbocycles. The zero-order valence-corrected chi connectivity index (χ0v) is 16.5. The number of rotatable bonds is 10. The third-order valence-electron chi connectivity index (χ3n) is 4.57. The van der Waals surface area contributed by atoms with Crippen LogP contribution in [-0.2, 0) is 21.1 Å². The standard InChI is InChI=1S/C22H28O3S/c1-18(2)26(24,25)16-8-4-7-11-22(23)17-19-12-14-21(15-13-19)20-9-5-3-6-10-20/h3,5-6,9-10,12-15,18H,4,7-8,11,16-17H2,1-2H3. The Bertz CT molecular complexity index is 791. The van der Waals surface area contributed by atoms with E-state index in [9.17, 15) is 13.2 Å². The third kappa shape index (κ3) is 6.41. The summed E-state index contributed by atoms with van der Waals surface area (Å²) < 4.78 is 23.5. The maximum Gasteiger partial charge on any atom is 0.152 e. The first-order valence-electron chi connectivity index (χ1n) is 9.26. The predicted molar refractivity (Wildman–Crippen MR) is 108 cm³/mol. The molecule has 0 fully saturated rings. The molecule has 0 spiro atoms. The molecule has 0 radical (unpaired) electrons. The zero-order chi connectivity index (χ0) is 19.0. The number of unbranched alkanes of at least 4 members (excludes halogenated alkanes) is 2. The van der Waals surface area contributed by atoms with Crippen LogP contribution in [0.2, 0.25) is 0 Å². The lowest BCUT2D eigenvalue weighted by Crippen LogP contribution is -2.17. The molecule has 0 aliphatic heterocycles. The predicted octanol–water partition coefficient (Wildman–Crippen LogP) is 4.85. The maximum atomic E-state index is 12.1.